The summed E-state index contributed by atoms with van der Waals surface area (Å²) in [5, 5.41) is 3.43. The highest BCUT2D eigenvalue weighted by molar-refractivity contribution is 7.89. The Kier molecular flexibility index (Phi) is 6.79. The highest BCUT2D eigenvalue weighted by Crippen LogP contribution is 2.31. The molecule has 32 heavy (non-hydrogen) atoms. The Hall–Kier alpha value is -2.87. The molecule has 1 N–H and O–H groups in total. The first-order valence-corrected chi connectivity index (χ1v) is 12.1. The van der Waals surface area contributed by atoms with Gasteiger partial charge in [-0.25, -0.2) is 8.42 Å². The first-order valence-electron chi connectivity index (χ1n) is 10.3. The molecule has 3 aromatic carbocycles. The molecule has 6 nitrogen and oxygen atoms in total. The van der Waals surface area contributed by atoms with Gasteiger partial charge >= 0.3 is 0 Å². The topological polar surface area (TPSA) is 75.7 Å². The zero-order valence-electron chi connectivity index (χ0n) is 17.3. The molecule has 0 atom stereocenters. The van der Waals surface area contributed by atoms with Crippen LogP contribution in [-0.2, 0) is 14.8 Å². The number of hydrogen-bond acceptors (Lipinski definition) is 4. The van der Waals surface area contributed by atoms with Gasteiger partial charge in [-0.2, -0.15) is 4.31 Å². The second kappa shape index (κ2) is 9.73. The number of amides is 1. The van der Waals surface area contributed by atoms with Gasteiger partial charge in [0.05, 0.1) is 10.6 Å². The van der Waals surface area contributed by atoms with Crippen molar-refractivity contribution in [3.8, 4) is 11.5 Å². The van der Waals surface area contributed by atoms with E-state index in [2.05, 4.69) is 5.32 Å². The molecule has 0 radical (unpaired) electrons. The van der Waals surface area contributed by atoms with Crippen LogP contribution in [0.5, 0.6) is 11.5 Å². The van der Waals surface area contributed by atoms with Crippen molar-refractivity contribution in [3.63, 3.8) is 0 Å². The van der Waals surface area contributed by atoms with Crippen molar-refractivity contribution in [1.82, 2.24) is 4.31 Å². The van der Waals surface area contributed by atoms with Crippen LogP contribution in [0.25, 0.3) is 0 Å². The Morgan fingerprint density at radius 2 is 1.53 bits per heavy atom. The van der Waals surface area contributed by atoms with Gasteiger partial charge in [0, 0.05) is 24.0 Å². The summed E-state index contributed by atoms with van der Waals surface area (Å²) in [4.78, 5) is 13.1. The molecule has 8 heteroatoms. The van der Waals surface area contributed by atoms with Crippen LogP contribution in [0, 0.1) is 5.92 Å². The molecule has 1 aliphatic rings. The number of nitrogens with one attached hydrogen (secondary N) is 1. The predicted octanol–water partition coefficient (Wildman–Crippen LogP) is 5.17. The lowest BCUT2D eigenvalue weighted by Gasteiger charge is -2.30. The normalized spacial score (nSPS) is 15.3. The minimum atomic E-state index is -3.61. The highest BCUT2D eigenvalue weighted by atomic mass is 35.5. The van der Waals surface area contributed by atoms with Crippen LogP contribution in [0.3, 0.4) is 0 Å². The maximum atomic E-state index is 12.9. The number of anilines is 1. The van der Waals surface area contributed by atoms with Crippen LogP contribution in [0.15, 0.2) is 83.8 Å². The smallest absolute Gasteiger partial charge is 0.243 e. The number of para-hydroxylation sites is 3. The number of ether oxygens (including phenoxy) is 1. The van der Waals surface area contributed by atoms with Gasteiger partial charge in [0.15, 0.2) is 5.75 Å². The summed E-state index contributed by atoms with van der Waals surface area (Å²) < 4.78 is 33.0. The molecule has 0 aliphatic carbocycles. The van der Waals surface area contributed by atoms with Gasteiger partial charge in [-0.1, -0.05) is 41.9 Å². The molecular weight excluding hydrogens is 448 g/mol. The van der Waals surface area contributed by atoms with E-state index in [0.717, 1.165) is 0 Å². The third kappa shape index (κ3) is 5.12. The Balaban J connectivity index is 1.39. The number of benzene rings is 3. The van der Waals surface area contributed by atoms with Crippen LogP contribution in [-0.4, -0.2) is 31.7 Å². The average Bonchev–Trinajstić information content (AvgIpc) is 2.81. The summed E-state index contributed by atoms with van der Waals surface area (Å²) in [6.45, 7) is 0.566. The third-order valence-electron chi connectivity index (χ3n) is 5.39. The molecule has 1 fully saturated rings. The summed E-state index contributed by atoms with van der Waals surface area (Å²) >= 11 is 5.86. The van der Waals surface area contributed by atoms with E-state index in [1.807, 2.05) is 42.5 Å². The zero-order chi connectivity index (χ0) is 22.6. The van der Waals surface area contributed by atoms with E-state index in [4.69, 9.17) is 16.3 Å². The first-order chi connectivity index (χ1) is 15.4. The summed E-state index contributed by atoms with van der Waals surface area (Å²) in [7, 11) is -3.61. The van der Waals surface area contributed by atoms with Crippen LogP contribution in [0.4, 0.5) is 5.69 Å². The predicted molar refractivity (Wildman–Crippen MR) is 125 cm³/mol. The van der Waals surface area contributed by atoms with Crippen molar-refractivity contribution in [1.29, 1.82) is 0 Å². The van der Waals surface area contributed by atoms with Crippen LogP contribution in [0.1, 0.15) is 12.8 Å². The maximum Gasteiger partial charge on any atom is 0.243 e. The average molecular weight is 471 g/mol. The molecule has 0 aromatic heterocycles. The van der Waals surface area contributed by atoms with Crippen LogP contribution >= 0.6 is 11.6 Å². The number of sulfonamides is 1. The number of carbonyl (C=O) groups is 1. The van der Waals surface area contributed by atoms with Gasteiger partial charge in [-0.05, 0) is 61.4 Å². The molecule has 166 valence electrons. The fourth-order valence-corrected chi connectivity index (χ4v) is 5.22. The molecular formula is C24H23ClN2O4S. The van der Waals surface area contributed by atoms with Crippen molar-refractivity contribution in [2.45, 2.75) is 17.7 Å². The zero-order valence-corrected chi connectivity index (χ0v) is 18.9. The van der Waals surface area contributed by atoms with Crippen molar-refractivity contribution in [2.75, 3.05) is 18.4 Å². The van der Waals surface area contributed by atoms with E-state index < -0.39 is 10.0 Å². The summed E-state index contributed by atoms with van der Waals surface area (Å²) in [5.41, 5.74) is 0.581. The fourth-order valence-electron chi connectivity index (χ4n) is 3.62. The summed E-state index contributed by atoms with van der Waals surface area (Å²) in [6.07, 6.45) is 0.890. The van der Waals surface area contributed by atoms with E-state index in [0.29, 0.717) is 35.1 Å². The molecule has 0 bridgehead atoms. The molecule has 0 spiro atoms. The van der Waals surface area contributed by atoms with Crippen molar-refractivity contribution in [3.05, 3.63) is 83.9 Å². The lowest BCUT2D eigenvalue weighted by molar-refractivity contribution is -0.120. The molecule has 1 saturated heterocycles. The summed E-state index contributed by atoms with van der Waals surface area (Å²) in [6, 6.07) is 22.7. The Morgan fingerprint density at radius 3 is 2.22 bits per heavy atom. The lowest BCUT2D eigenvalue weighted by Crippen LogP contribution is -2.41. The van der Waals surface area contributed by atoms with Crippen molar-refractivity contribution < 1.29 is 17.9 Å². The van der Waals surface area contributed by atoms with Gasteiger partial charge in [0.1, 0.15) is 5.75 Å². The second-order valence-corrected chi connectivity index (χ2v) is 9.91. The largest absolute Gasteiger partial charge is 0.455 e. The van der Waals surface area contributed by atoms with Gasteiger partial charge < -0.3 is 10.1 Å². The number of carbonyl (C=O) groups excluding carboxylic acids is 1. The quantitative estimate of drug-likeness (QED) is 0.539. The first kappa shape index (κ1) is 22.3. The SMILES string of the molecule is O=C(Nc1ccccc1Oc1ccccc1)C1CCN(S(=O)(=O)c2ccc(Cl)cc2)CC1. The van der Waals surface area contributed by atoms with E-state index >= 15 is 0 Å². The van der Waals surface area contributed by atoms with Crippen LogP contribution in [0.2, 0.25) is 5.02 Å². The van der Waals surface area contributed by atoms with E-state index in [9.17, 15) is 13.2 Å². The molecule has 0 saturated carbocycles. The van der Waals surface area contributed by atoms with Gasteiger partial charge in [0.25, 0.3) is 0 Å². The number of hydrogen-bond donors (Lipinski definition) is 1. The van der Waals surface area contributed by atoms with Crippen LogP contribution < -0.4 is 10.1 Å². The summed E-state index contributed by atoms with van der Waals surface area (Å²) in [5.74, 6) is 0.804. The Labute approximate surface area is 192 Å². The van der Waals surface area contributed by atoms with Crippen molar-refractivity contribution >= 4 is 33.2 Å². The molecule has 1 aliphatic heterocycles. The molecule has 3 aromatic rings. The van der Waals surface area contributed by atoms with E-state index in [-0.39, 0.29) is 29.8 Å². The number of nitrogens with zero attached hydrogens (tertiary/aromatic N) is 1. The minimum absolute atomic E-state index is 0.141. The van der Waals surface area contributed by atoms with Gasteiger partial charge in [-0.3, -0.25) is 4.79 Å². The van der Waals surface area contributed by atoms with Crippen molar-refractivity contribution in [2.24, 2.45) is 5.92 Å². The Morgan fingerprint density at radius 1 is 0.906 bits per heavy atom. The lowest BCUT2D eigenvalue weighted by atomic mass is 9.97. The van der Waals surface area contributed by atoms with Gasteiger partial charge in [0.2, 0.25) is 15.9 Å². The number of piperidine rings is 1. The monoisotopic (exact) mass is 470 g/mol. The number of halogens is 1. The van der Waals surface area contributed by atoms with E-state index in [1.165, 1.54) is 16.4 Å². The molecule has 1 amide bonds. The molecule has 4 rings (SSSR count). The highest BCUT2D eigenvalue weighted by Gasteiger charge is 2.32. The third-order valence-corrected chi connectivity index (χ3v) is 7.56. The Bertz CT molecular complexity index is 1180. The number of rotatable bonds is 6. The maximum absolute atomic E-state index is 12.9. The minimum Gasteiger partial charge on any atom is -0.455 e. The van der Waals surface area contributed by atoms with Gasteiger partial charge in [-0.15, -0.1) is 0 Å². The second-order valence-electron chi connectivity index (χ2n) is 7.53. The van der Waals surface area contributed by atoms with E-state index in [1.54, 1.807) is 24.3 Å². The molecule has 0 unspecified atom stereocenters. The fraction of sp³-hybridized carbons (Fsp3) is 0.208. The standard InChI is InChI=1S/C24H23ClN2O4S/c25-19-10-12-21(13-11-19)32(29,30)27-16-14-18(15-17-27)24(28)26-22-8-4-5-9-23(22)31-20-6-2-1-3-7-20/h1-13,18H,14-17H2,(H,26,28). The molecule has 1 heterocycles.